The Morgan fingerprint density at radius 1 is 1.19 bits per heavy atom. The van der Waals surface area contributed by atoms with E-state index >= 15 is 0 Å². The van der Waals surface area contributed by atoms with E-state index in [0.29, 0.717) is 24.8 Å². The molecule has 4 bridgehead atoms. The highest BCUT2D eigenvalue weighted by atomic mass is 16.5. The summed E-state index contributed by atoms with van der Waals surface area (Å²) in [6.45, 7) is 2.29. The van der Waals surface area contributed by atoms with E-state index in [-0.39, 0.29) is 18.5 Å². The van der Waals surface area contributed by atoms with E-state index in [2.05, 4.69) is 0 Å². The number of nitrogens with zero attached hydrogens (tertiary/aromatic N) is 1. The maximum absolute atomic E-state index is 12.9. The molecule has 4 aliphatic rings. The second kappa shape index (κ2) is 6.62. The Bertz CT molecular complexity index is 744. The van der Waals surface area contributed by atoms with Gasteiger partial charge in [-0.3, -0.25) is 9.59 Å². The number of likely N-dealkylation sites (N-methyl/N-ethyl adjacent to an activating group) is 1. The van der Waals surface area contributed by atoms with Gasteiger partial charge >= 0.3 is 5.97 Å². The quantitative estimate of drug-likeness (QED) is 0.809. The van der Waals surface area contributed by atoms with Crippen LogP contribution in [-0.2, 0) is 20.9 Å². The van der Waals surface area contributed by atoms with Gasteiger partial charge in [0.2, 0.25) is 0 Å². The van der Waals surface area contributed by atoms with E-state index in [0.717, 1.165) is 43.2 Å². The number of hydrogen-bond donors (Lipinski definition) is 1. The van der Waals surface area contributed by atoms with Crippen molar-refractivity contribution in [2.45, 2.75) is 57.6 Å². The molecule has 1 aromatic carbocycles. The summed E-state index contributed by atoms with van der Waals surface area (Å²) < 4.78 is 5.48. The average molecular weight is 371 g/mol. The predicted octanol–water partition coefficient (Wildman–Crippen LogP) is 2.83. The Labute approximate surface area is 160 Å². The number of ether oxygens (including phenoxy) is 1. The topological polar surface area (TPSA) is 66.8 Å². The van der Waals surface area contributed by atoms with Gasteiger partial charge in [0.15, 0.2) is 6.61 Å². The van der Waals surface area contributed by atoms with Gasteiger partial charge in [-0.25, -0.2) is 0 Å². The average Bonchev–Trinajstić information content (AvgIpc) is 2.59. The van der Waals surface area contributed by atoms with Gasteiger partial charge in [-0.05, 0) is 68.4 Å². The summed E-state index contributed by atoms with van der Waals surface area (Å²) in [7, 11) is 1.73. The third kappa shape index (κ3) is 3.49. The maximum atomic E-state index is 12.9. The summed E-state index contributed by atoms with van der Waals surface area (Å²) in [6, 6.07) is 7.95. The number of carbonyl (C=O) groups excluding carboxylic acids is 2. The number of rotatable bonds is 5. The fourth-order valence-corrected chi connectivity index (χ4v) is 5.97. The van der Waals surface area contributed by atoms with Crippen molar-refractivity contribution in [1.82, 2.24) is 4.90 Å². The lowest BCUT2D eigenvalue weighted by atomic mass is 9.48. The van der Waals surface area contributed by atoms with E-state index in [9.17, 15) is 14.7 Å². The van der Waals surface area contributed by atoms with Gasteiger partial charge in [-0.2, -0.15) is 0 Å². The molecular weight excluding hydrogens is 342 g/mol. The largest absolute Gasteiger partial charge is 0.455 e. The Morgan fingerprint density at radius 2 is 1.85 bits per heavy atom. The molecule has 4 saturated carbocycles. The zero-order valence-corrected chi connectivity index (χ0v) is 16.2. The summed E-state index contributed by atoms with van der Waals surface area (Å²) >= 11 is 0. The van der Waals surface area contributed by atoms with Crippen LogP contribution in [0, 0.1) is 24.2 Å². The van der Waals surface area contributed by atoms with Crippen LogP contribution in [-0.4, -0.2) is 41.1 Å². The summed E-state index contributed by atoms with van der Waals surface area (Å²) in [4.78, 5) is 26.9. The van der Waals surface area contributed by atoms with Crippen molar-refractivity contribution < 1.29 is 19.4 Å². The SMILES string of the molecule is Cc1ccccc1CN(C)C(=O)COC(=O)C12C[C@@H]3C[C@@H](CC(O)(C3)C1)C2. The van der Waals surface area contributed by atoms with Crippen LogP contribution in [0.5, 0.6) is 0 Å². The summed E-state index contributed by atoms with van der Waals surface area (Å²) in [5.41, 5.74) is 0.946. The molecule has 0 aromatic heterocycles. The molecule has 5 heteroatoms. The molecule has 1 amide bonds. The summed E-state index contributed by atoms with van der Waals surface area (Å²) in [5.74, 6) is 0.356. The number of esters is 1. The molecule has 4 fully saturated rings. The molecule has 5 rings (SSSR count). The maximum Gasteiger partial charge on any atom is 0.312 e. The number of amides is 1. The molecule has 1 aromatic rings. The minimum Gasteiger partial charge on any atom is -0.455 e. The van der Waals surface area contributed by atoms with Crippen molar-refractivity contribution in [2.24, 2.45) is 17.3 Å². The second-order valence-corrected chi connectivity index (χ2v) is 9.22. The minimum atomic E-state index is -0.700. The van der Waals surface area contributed by atoms with Crippen LogP contribution >= 0.6 is 0 Å². The fourth-order valence-electron chi connectivity index (χ4n) is 5.97. The van der Waals surface area contributed by atoms with Crippen LogP contribution in [0.1, 0.15) is 49.7 Å². The fraction of sp³-hybridized carbons (Fsp3) is 0.636. The van der Waals surface area contributed by atoms with Gasteiger partial charge in [0, 0.05) is 13.6 Å². The van der Waals surface area contributed by atoms with Crippen LogP contribution in [0.15, 0.2) is 24.3 Å². The van der Waals surface area contributed by atoms with Crippen LogP contribution in [0.2, 0.25) is 0 Å². The molecule has 2 unspecified atom stereocenters. The number of aliphatic hydroxyl groups is 1. The molecule has 4 aliphatic carbocycles. The summed E-state index contributed by atoms with van der Waals surface area (Å²) in [5, 5.41) is 10.8. The number of aryl methyl sites for hydroxylation is 1. The second-order valence-electron chi connectivity index (χ2n) is 9.22. The molecule has 27 heavy (non-hydrogen) atoms. The van der Waals surface area contributed by atoms with Gasteiger partial charge in [0.1, 0.15) is 0 Å². The lowest BCUT2D eigenvalue weighted by molar-refractivity contribution is -0.196. The van der Waals surface area contributed by atoms with E-state index < -0.39 is 11.0 Å². The van der Waals surface area contributed by atoms with E-state index in [1.54, 1.807) is 11.9 Å². The Kier molecular flexibility index (Phi) is 4.53. The predicted molar refractivity (Wildman–Crippen MR) is 101 cm³/mol. The van der Waals surface area contributed by atoms with E-state index in [4.69, 9.17) is 4.74 Å². The van der Waals surface area contributed by atoms with E-state index in [1.807, 2.05) is 31.2 Å². The lowest BCUT2D eigenvalue weighted by Gasteiger charge is -2.58. The summed E-state index contributed by atoms with van der Waals surface area (Å²) in [6.07, 6.45) is 4.86. The highest BCUT2D eigenvalue weighted by Crippen LogP contribution is 2.61. The number of benzene rings is 1. The molecule has 0 saturated heterocycles. The lowest BCUT2D eigenvalue weighted by Crippen LogP contribution is -2.58. The molecule has 5 nitrogen and oxygen atoms in total. The normalized spacial score (nSPS) is 33.7. The molecular formula is C22H29NO4. The molecule has 0 heterocycles. The Balaban J connectivity index is 1.35. The first-order valence-electron chi connectivity index (χ1n) is 9.97. The molecule has 0 radical (unpaired) electrons. The standard InChI is InChI=1S/C22H29NO4/c1-15-5-3-4-6-18(15)12-23(2)19(24)13-27-20(25)21-8-16-7-17(9-21)11-22(26,10-16)14-21/h3-6,16-17,26H,7-14H2,1-2H3/t16-,17+,21?,22?. The van der Waals surface area contributed by atoms with E-state index in [1.165, 1.54) is 0 Å². The van der Waals surface area contributed by atoms with Crippen LogP contribution in [0.3, 0.4) is 0 Å². The Hall–Kier alpha value is -1.88. The van der Waals surface area contributed by atoms with Gasteiger partial charge in [0.05, 0.1) is 11.0 Å². The number of hydrogen-bond acceptors (Lipinski definition) is 4. The first-order valence-corrected chi connectivity index (χ1v) is 9.97. The minimum absolute atomic E-state index is 0.199. The first kappa shape index (κ1) is 18.5. The Morgan fingerprint density at radius 3 is 2.48 bits per heavy atom. The van der Waals surface area contributed by atoms with Crippen LogP contribution in [0.4, 0.5) is 0 Å². The van der Waals surface area contributed by atoms with Crippen molar-refractivity contribution in [3.8, 4) is 0 Å². The first-order chi connectivity index (χ1) is 12.8. The van der Waals surface area contributed by atoms with Crippen LogP contribution in [0.25, 0.3) is 0 Å². The molecule has 0 aliphatic heterocycles. The molecule has 146 valence electrons. The van der Waals surface area contributed by atoms with Crippen molar-refractivity contribution in [3.05, 3.63) is 35.4 Å². The monoisotopic (exact) mass is 371 g/mol. The van der Waals surface area contributed by atoms with Crippen molar-refractivity contribution in [2.75, 3.05) is 13.7 Å². The molecule has 4 atom stereocenters. The highest BCUT2D eigenvalue weighted by molar-refractivity contribution is 5.83. The van der Waals surface area contributed by atoms with Crippen molar-refractivity contribution in [3.63, 3.8) is 0 Å². The third-order valence-corrected chi connectivity index (χ3v) is 6.88. The smallest absolute Gasteiger partial charge is 0.312 e. The zero-order chi connectivity index (χ0) is 19.2. The number of carbonyl (C=O) groups is 2. The molecule has 1 N–H and O–H groups in total. The molecule has 0 spiro atoms. The van der Waals surface area contributed by atoms with Gasteiger partial charge < -0.3 is 14.7 Å². The third-order valence-electron chi connectivity index (χ3n) is 6.88. The van der Waals surface area contributed by atoms with Gasteiger partial charge in [-0.15, -0.1) is 0 Å². The van der Waals surface area contributed by atoms with Crippen molar-refractivity contribution in [1.29, 1.82) is 0 Å². The van der Waals surface area contributed by atoms with Crippen molar-refractivity contribution >= 4 is 11.9 Å². The van der Waals surface area contributed by atoms with Gasteiger partial charge in [-0.1, -0.05) is 24.3 Å². The zero-order valence-electron chi connectivity index (χ0n) is 16.2. The van der Waals surface area contributed by atoms with Gasteiger partial charge in [0.25, 0.3) is 5.91 Å². The highest BCUT2D eigenvalue weighted by Gasteiger charge is 2.60. The van der Waals surface area contributed by atoms with Crippen LogP contribution < -0.4 is 0 Å².